The Kier molecular flexibility index (Phi) is 6.23. The molecule has 26 heavy (non-hydrogen) atoms. The minimum Gasteiger partial charge on any atom is -0.494 e. The number of thiazole rings is 1. The van der Waals surface area contributed by atoms with Gasteiger partial charge < -0.3 is 10.1 Å². The van der Waals surface area contributed by atoms with E-state index in [9.17, 15) is 4.79 Å². The maximum absolute atomic E-state index is 12.1. The van der Waals surface area contributed by atoms with Crippen LogP contribution in [0.15, 0.2) is 42.5 Å². The summed E-state index contributed by atoms with van der Waals surface area (Å²) in [5, 5.41) is 3.56. The first-order valence-corrected chi connectivity index (χ1v) is 9.90. The molecule has 0 bridgehead atoms. The molecule has 0 fully saturated rings. The second-order valence-electron chi connectivity index (χ2n) is 6.17. The second-order valence-corrected chi connectivity index (χ2v) is 7.20. The molecular weight excluding hydrogens is 344 g/mol. The number of aromatic nitrogens is 1. The Bertz CT molecular complexity index is 871. The molecule has 1 amide bonds. The van der Waals surface area contributed by atoms with Gasteiger partial charge in [-0.15, -0.1) is 0 Å². The van der Waals surface area contributed by atoms with Gasteiger partial charge in [0, 0.05) is 6.42 Å². The molecule has 0 atom stereocenters. The summed E-state index contributed by atoms with van der Waals surface area (Å²) in [5.74, 6) is 0.824. The summed E-state index contributed by atoms with van der Waals surface area (Å²) < 4.78 is 6.80. The van der Waals surface area contributed by atoms with E-state index in [4.69, 9.17) is 4.74 Å². The normalized spacial score (nSPS) is 10.8. The molecule has 0 saturated carbocycles. The summed E-state index contributed by atoms with van der Waals surface area (Å²) >= 11 is 1.52. The van der Waals surface area contributed by atoms with Crippen LogP contribution in [-0.4, -0.2) is 17.5 Å². The SMILES string of the molecule is CCc1ccc(OCCCC(=O)Nc2nc3ccc(CC)cc3s2)cc1. The predicted molar refractivity (Wildman–Crippen MR) is 108 cm³/mol. The molecule has 0 aliphatic carbocycles. The number of anilines is 1. The standard InChI is InChI=1S/C21H24N2O2S/c1-3-15-7-10-17(11-8-15)25-13-5-6-20(24)23-21-22-18-12-9-16(4-2)14-19(18)26-21/h7-12,14H,3-6,13H2,1-2H3,(H,22,23,24). The molecule has 2 aromatic carbocycles. The number of amides is 1. The molecule has 5 heteroatoms. The first-order valence-electron chi connectivity index (χ1n) is 9.09. The molecule has 0 spiro atoms. The third-order valence-electron chi connectivity index (χ3n) is 4.26. The van der Waals surface area contributed by atoms with Crippen LogP contribution in [0, 0.1) is 0 Å². The highest BCUT2D eigenvalue weighted by atomic mass is 32.1. The lowest BCUT2D eigenvalue weighted by atomic mass is 10.2. The molecule has 3 rings (SSSR count). The Morgan fingerprint density at radius 3 is 2.54 bits per heavy atom. The Labute approximate surface area is 158 Å². The van der Waals surface area contributed by atoms with Crippen molar-refractivity contribution >= 4 is 32.6 Å². The predicted octanol–water partition coefficient (Wildman–Crippen LogP) is 5.22. The van der Waals surface area contributed by atoms with Crippen LogP contribution in [0.5, 0.6) is 5.75 Å². The van der Waals surface area contributed by atoms with E-state index in [2.05, 4.69) is 48.4 Å². The van der Waals surface area contributed by atoms with Crippen LogP contribution in [0.25, 0.3) is 10.2 Å². The van der Waals surface area contributed by atoms with Gasteiger partial charge >= 0.3 is 0 Å². The number of hydrogen-bond acceptors (Lipinski definition) is 4. The van der Waals surface area contributed by atoms with Gasteiger partial charge in [0.1, 0.15) is 5.75 Å². The summed E-state index contributed by atoms with van der Waals surface area (Å²) in [6.45, 7) is 4.78. The fraction of sp³-hybridized carbons (Fsp3) is 0.333. The number of hydrogen-bond donors (Lipinski definition) is 1. The summed E-state index contributed by atoms with van der Waals surface area (Å²) in [6.07, 6.45) is 3.11. The quantitative estimate of drug-likeness (QED) is 0.555. The first-order chi connectivity index (χ1) is 12.7. The van der Waals surface area contributed by atoms with Gasteiger partial charge in [0.15, 0.2) is 5.13 Å². The van der Waals surface area contributed by atoms with E-state index < -0.39 is 0 Å². The maximum atomic E-state index is 12.1. The lowest BCUT2D eigenvalue weighted by molar-refractivity contribution is -0.116. The molecule has 3 aromatic rings. The van der Waals surface area contributed by atoms with Crippen molar-refractivity contribution in [1.82, 2.24) is 4.98 Å². The molecule has 1 aromatic heterocycles. The molecule has 0 unspecified atom stereocenters. The number of aryl methyl sites for hydroxylation is 2. The minimum atomic E-state index is -0.0234. The van der Waals surface area contributed by atoms with E-state index >= 15 is 0 Å². The Hall–Kier alpha value is -2.40. The number of benzene rings is 2. The van der Waals surface area contributed by atoms with Crippen LogP contribution in [0.1, 0.15) is 37.8 Å². The fourth-order valence-electron chi connectivity index (χ4n) is 2.67. The van der Waals surface area contributed by atoms with Gasteiger partial charge in [-0.05, 0) is 54.7 Å². The Morgan fingerprint density at radius 1 is 1.08 bits per heavy atom. The highest BCUT2D eigenvalue weighted by Crippen LogP contribution is 2.27. The van der Waals surface area contributed by atoms with E-state index in [0.717, 1.165) is 28.8 Å². The van der Waals surface area contributed by atoms with Crippen molar-refractivity contribution in [3.63, 3.8) is 0 Å². The second kappa shape index (κ2) is 8.81. The average Bonchev–Trinajstić information content (AvgIpc) is 3.06. The van der Waals surface area contributed by atoms with Crippen molar-refractivity contribution in [2.24, 2.45) is 0 Å². The smallest absolute Gasteiger partial charge is 0.226 e. The molecule has 1 N–H and O–H groups in total. The van der Waals surface area contributed by atoms with Crippen molar-refractivity contribution in [1.29, 1.82) is 0 Å². The highest BCUT2D eigenvalue weighted by Gasteiger charge is 2.08. The molecule has 4 nitrogen and oxygen atoms in total. The minimum absolute atomic E-state index is 0.0234. The van der Waals surface area contributed by atoms with E-state index in [1.807, 2.05) is 18.2 Å². The third kappa shape index (κ3) is 4.82. The first kappa shape index (κ1) is 18.4. The highest BCUT2D eigenvalue weighted by molar-refractivity contribution is 7.22. The number of carbonyl (C=O) groups is 1. The molecule has 0 saturated heterocycles. The van der Waals surface area contributed by atoms with E-state index in [-0.39, 0.29) is 5.91 Å². The van der Waals surface area contributed by atoms with Crippen LogP contribution in [0.3, 0.4) is 0 Å². The number of nitrogens with zero attached hydrogens (tertiary/aromatic N) is 1. The monoisotopic (exact) mass is 368 g/mol. The van der Waals surface area contributed by atoms with Crippen LogP contribution in [-0.2, 0) is 17.6 Å². The molecule has 0 aliphatic heterocycles. The summed E-state index contributed by atoms with van der Waals surface area (Å²) in [7, 11) is 0. The fourth-order valence-corrected chi connectivity index (χ4v) is 3.61. The van der Waals surface area contributed by atoms with Crippen molar-refractivity contribution in [3.8, 4) is 5.75 Å². The van der Waals surface area contributed by atoms with Crippen molar-refractivity contribution < 1.29 is 9.53 Å². The molecule has 1 heterocycles. The van der Waals surface area contributed by atoms with Gasteiger partial charge in [0.25, 0.3) is 0 Å². The van der Waals surface area contributed by atoms with Crippen LogP contribution in [0.4, 0.5) is 5.13 Å². The van der Waals surface area contributed by atoms with E-state index in [0.29, 0.717) is 24.6 Å². The maximum Gasteiger partial charge on any atom is 0.226 e. The zero-order valence-electron chi connectivity index (χ0n) is 15.2. The summed E-state index contributed by atoms with van der Waals surface area (Å²) in [4.78, 5) is 16.6. The van der Waals surface area contributed by atoms with Gasteiger partial charge in [-0.1, -0.05) is 43.4 Å². The lowest BCUT2D eigenvalue weighted by Gasteiger charge is -2.06. The Balaban J connectivity index is 1.45. The zero-order valence-corrected chi connectivity index (χ0v) is 16.1. The average molecular weight is 369 g/mol. The van der Waals surface area contributed by atoms with Crippen LogP contribution in [0.2, 0.25) is 0 Å². The number of ether oxygens (including phenoxy) is 1. The largest absolute Gasteiger partial charge is 0.494 e. The third-order valence-corrected chi connectivity index (χ3v) is 5.19. The van der Waals surface area contributed by atoms with E-state index in [1.165, 1.54) is 22.5 Å². The number of rotatable bonds is 8. The van der Waals surface area contributed by atoms with Crippen LogP contribution < -0.4 is 10.1 Å². The number of nitrogens with one attached hydrogen (secondary N) is 1. The zero-order chi connectivity index (χ0) is 18.4. The molecule has 0 radical (unpaired) electrons. The molecular formula is C21H24N2O2S. The molecule has 0 aliphatic rings. The van der Waals surface area contributed by atoms with Gasteiger partial charge in [-0.25, -0.2) is 4.98 Å². The molecule has 136 valence electrons. The number of carbonyl (C=O) groups excluding carboxylic acids is 1. The van der Waals surface area contributed by atoms with Crippen molar-refractivity contribution in [2.75, 3.05) is 11.9 Å². The van der Waals surface area contributed by atoms with Gasteiger partial charge in [-0.3, -0.25) is 4.79 Å². The van der Waals surface area contributed by atoms with E-state index in [1.54, 1.807) is 0 Å². The number of fused-ring (bicyclic) bond motifs is 1. The van der Waals surface area contributed by atoms with Gasteiger partial charge in [0.05, 0.1) is 16.8 Å². The van der Waals surface area contributed by atoms with Gasteiger partial charge in [-0.2, -0.15) is 0 Å². The van der Waals surface area contributed by atoms with Crippen molar-refractivity contribution in [2.45, 2.75) is 39.5 Å². The lowest BCUT2D eigenvalue weighted by Crippen LogP contribution is -2.12. The Morgan fingerprint density at radius 2 is 1.81 bits per heavy atom. The topological polar surface area (TPSA) is 51.2 Å². The van der Waals surface area contributed by atoms with Crippen LogP contribution >= 0.6 is 11.3 Å². The summed E-state index contributed by atoms with van der Waals surface area (Å²) in [5.41, 5.74) is 3.50. The van der Waals surface area contributed by atoms with Crippen molar-refractivity contribution in [3.05, 3.63) is 53.6 Å². The van der Waals surface area contributed by atoms with Gasteiger partial charge in [0.2, 0.25) is 5.91 Å². The summed E-state index contributed by atoms with van der Waals surface area (Å²) in [6, 6.07) is 14.3.